The molecule has 9 heteroatoms. The molecule has 2 heterocycles. The summed E-state index contributed by atoms with van der Waals surface area (Å²) in [7, 11) is 1.57. The number of imide groups is 1. The Labute approximate surface area is 179 Å². The van der Waals surface area contributed by atoms with Gasteiger partial charge in [0.2, 0.25) is 17.7 Å². The molecule has 5 amide bonds. The van der Waals surface area contributed by atoms with Crippen LogP contribution in [-0.2, 0) is 20.9 Å². The van der Waals surface area contributed by atoms with E-state index >= 15 is 0 Å². The lowest BCUT2D eigenvalue weighted by Crippen LogP contribution is -2.30. The number of urea groups is 1. The first-order valence-electron chi connectivity index (χ1n) is 9.87. The lowest BCUT2D eigenvalue weighted by atomic mass is 10.1. The zero-order chi connectivity index (χ0) is 22.0. The quantitative estimate of drug-likeness (QED) is 0.690. The van der Waals surface area contributed by atoms with Gasteiger partial charge in [-0.05, 0) is 42.0 Å². The van der Waals surface area contributed by atoms with E-state index in [9.17, 15) is 19.2 Å². The van der Waals surface area contributed by atoms with Crippen LogP contribution >= 0.6 is 0 Å². The zero-order valence-corrected chi connectivity index (χ0v) is 17.0. The minimum absolute atomic E-state index is 0.00430. The molecule has 2 N–H and O–H groups in total. The molecule has 2 aliphatic heterocycles. The fourth-order valence-corrected chi connectivity index (χ4v) is 3.68. The molecule has 31 heavy (non-hydrogen) atoms. The molecule has 4 rings (SSSR count). The van der Waals surface area contributed by atoms with Crippen LogP contribution in [0.2, 0.25) is 0 Å². The van der Waals surface area contributed by atoms with Crippen molar-refractivity contribution in [1.29, 1.82) is 0 Å². The molecule has 0 spiro atoms. The van der Waals surface area contributed by atoms with Crippen LogP contribution in [0.25, 0.3) is 0 Å². The molecule has 0 saturated carbocycles. The molecule has 1 unspecified atom stereocenters. The van der Waals surface area contributed by atoms with E-state index in [0.29, 0.717) is 23.5 Å². The maximum atomic E-state index is 12.8. The van der Waals surface area contributed by atoms with E-state index in [1.165, 1.54) is 0 Å². The van der Waals surface area contributed by atoms with Crippen LogP contribution in [0, 0.1) is 5.92 Å². The van der Waals surface area contributed by atoms with Gasteiger partial charge in [0.05, 0.1) is 26.1 Å². The summed E-state index contributed by atoms with van der Waals surface area (Å²) in [6.45, 7) is 0.413. The third-order valence-electron chi connectivity index (χ3n) is 5.35. The first kappa shape index (κ1) is 20.4. The fourth-order valence-electron chi connectivity index (χ4n) is 3.68. The molecular formula is C22H22N4O5. The molecule has 2 aromatic rings. The number of carbonyl (C=O) groups is 4. The van der Waals surface area contributed by atoms with Crippen molar-refractivity contribution in [2.75, 3.05) is 30.4 Å². The van der Waals surface area contributed by atoms with Crippen LogP contribution < -0.4 is 20.3 Å². The Bertz CT molecular complexity index is 1020. The van der Waals surface area contributed by atoms with E-state index in [-0.39, 0.29) is 37.2 Å². The molecule has 1 atom stereocenters. The second-order valence-electron chi connectivity index (χ2n) is 7.43. The lowest BCUT2D eigenvalue weighted by Gasteiger charge is -2.17. The van der Waals surface area contributed by atoms with Crippen molar-refractivity contribution in [2.24, 2.45) is 5.92 Å². The number of rotatable bonds is 6. The number of hydrogen-bond donors (Lipinski definition) is 2. The summed E-state index contributed by atoms with van der Waals surface area (Å²) in [5.74, 6) is -0.446. The Hall–Kier alpha value is -3.88. The maximum Gasteiger partial charge on any atom is 0.324 e. The Morgan fingerprint density at radius 1 is 1.13 bits per heavy atom. The number of carbonyl (C=O) groups excluding carboxylic acids is 4. The fraction of sp³-hybridized carbons (Fsp3) is 0.273. The van der Waals surface area contributed by atoms with Gasteiger partial charge in [0.25, 0.3) is 0 Å². The molecule has 0 aliphatic carbocycles. The Balaban J connectivity index is 1.39. The Morgan fingerprint density at radius 2 is 1.90 bits per heavy atom. The summed E-state index contributed by atoms with van der Waals surface area (Å²) in [6.07, 6.45) is 0.125. The first-order valence-corrected chi connectivity index (χ1v) is 9.87. The Morgan fingerprint density at radius 3 is 2.58 bits per heavy atom. The molecule has 2 aromatic carbocycles. The average molecular weight is 422 g/mol. The van der Waals surface area contributed by atoms with Gasteiger partial charge in [0.1, 0.15) is 5.75 Å². The molecule has 0 radical (unpaired) electrons. The molecule has 160 valence electrons. The number of nitrogens with one attached hydrogen (secondary N) is 2. The zero-order valence-electron chi connectivity index (χ0n) is 17.0. The summed E-state index contributed by atoms with van der Waals surface area (Å²) in [4.78, 5) is 51.4. The minimum Gasteiger partial charge on any atom is -0.497 e. The normalized spacial score (nSPS) is 18.4. The molecule has 9 nitrogen and oxygen atoms in total. The highest BCUT2D eigenvalue weighted by Gasteiger charge is 2.35. The molecule has 2 aliphatic rings. The lowest BCUT2D eigenvalue weighted by molar-refractivity contribution is -0.125. The van der Waals surface area contributed by atoms with Gasteiger partial charge >= 0.3 is 6.03 Å². The highest BCUT2D eigenvalue weighted by atomic mass is 16.5. The van der Waals surface area contributed by atoms with E-state index in [0.717, 1.165) is 10.6 Å². The third kappa shape index (κ3) is 4.35. The van der Waals surface area contributed by atoms with Gasteiger partial charge in [-0.25, -0.2) is 4.79 Å². The van der Waals surface area contributed by atoms with E-state index in [4.69, 9.17) is 4.74 Å². The maximum absolute atomic E-state index is 12.8. The van der Waals surface area contributed by atoms with Crippen molar-refractivity contribution < 1.29 is 23.9 Å². The van der Waals surface area contributed by atoms with E-state index < -0.39 is 11.9 Å². The first-order chi connectivity index (χ1) is 14.9. The van der Waals surface area contributed by atoms with Gasteiger partial charge in [-0.2, -0.15) is 0 Å². The SMILES string of the molecule is COc1ccc(N2CC(C(=O)Nc3cccc(CN4C(=O)CNC4=O)c3)CC2=O)cc1. The molecule has 0 aromatic heterocycles. The van der Waals surface area contributed by atoms with Crippen molar-refractivity contribution in [3.05, 3.63) is 54.1 Å². The van der Waals surface area contributed by atoms with Crippen LogP contribution in [0.3, 0.4) is 0 Å². The van der Waals surface area contributed by atoms with Crippen LogP contribution in [-0.4, -0.2) is 48.9 Å². The largest absolute Gasteiger partial charge is 0.497 e. The predicted octanol–water partition coefficient (Wildman–Crippen LogP) is 1.74. The van der Waals surface area contributed by atoms with Gasteiger partial charge in [0.15, 0.2) is 0 Å². The number of anilines is 2. The summed E-state index contributed by atoms with van der Waals surface area (Å²) in [5.41, 5.74) is 1.98. The van der Waals surface area contributed by atoms with E-state index in [1.807, 2.05) is 0 Å². The molecule has 2 fully saturated rings. The second-order valence-corrected chi connectivity index (χ2v) is 7.43. The number of nitrogens with zero attached hydrogens (tertiary/aromatic N) is 2. The Kier molecular flexibility index (Phi) is 5.57. The van der Waals surface area contributed by atoms with E-state index in [1.54, 1.807) is 60.5 Å². The highest BCUT2D eigenvalue weighted by molar-refractivity contribution is 6.04. The molecular weight excluding hydrogens is 400 g/mol. The monoisotopic (exact) mass is 422 g/mol. The van der Waals surface area contributed by atoms with Gasteiger partial charge < -0.3 is 20.3 Å². The second kappa shape index (κ2) is 8.47. The average Bonchev–Trinajstić information content (AvgIpc) is 3.31. The summed E-state index contributed by atoms with van der Waals surface area (Å²) >= 11 is 0. The van der Waals surface area contributed by atoms with Crippen molar-refractivity contribution >= 4 is 35.1 Å². The number of ether oxygens (including phenoxy) is 1. The van der Waals surface area contributed by atoms with Gasteiger partial charge in [-0.1, -0.05) is 12.1 Å². The van der Waals surface area contributed by atoms with Crippen LogP contribution in [0.1, 0.15) is 12.0 Å². The van der Waals surface area contributed by atoms with Crippen LogP contribution in [0.15, 0.2) is 48.5 Å². The highest BCUT2D eigenvalue weighted by Crippen LogP contribution is 2.27. The van der Waals surface area contributed by atoms with Crippen LogP contribution in [0.4, 0.5) is 16.2 Å². The molecule has 2 saturated heterocycles. The van der Waals surface area contributed by atoms with Gasteiger partial charge in [0, 0.05) is 24.3 Å². The smallest absolute Gasteiger partial charge is 0.324 e. The van der Waals surface area contributed by atoms with Crippen molar-refractivity contribution in [2.45, 2.75) is 13.0 Å². The van der Waals surface area contributed by atoms with Crippen LogP contribution in [0.5, 0.6) is 5.75 Å². The predicted molar refractivity (Wildman–Crippen MR) is 112 cm³/mol. The number of amides is 5. The summed E-state index contributed by atoms with van der Waals surface area (Å²) in [5, 5.41) is 5.32. The topological polar surface area (TPSA) is 108 Å². The third-order valence-corrected chi connectivity index (χ3v) is 5.35. The van der Waals surface area contributed by atoms with E-state index in [2.05, 4.69) is 10.6 Å². The number of benzene rings is 2. The van der Waals surface area contributed by atoms with Gasteiger partial charge in [-0.15, -0.1) is 0 Å². The molecule has 0 bridgehead atoms. The minimum atomic E-state index is -0.482. The number of hydrogen-bond acceptors (Lipinski definition) is 5. The number of methoxy groups -OCH3 is 1. The summed E-state index contributed by atoms with van der Waals surface area (Å²) < 4.78 is 5.14. The van der Waals surface area contributed by atoms with Crippen molar-refractivity contribution in [3.8, 4) is 5.75 Å². The summed E-state index contributed by atoms with van der Waals surface area (Å²) in [6, 6.07) is 13.7. The van der Waals surface area contributed by atoms with Gasteiger partial charge in [-0.3, -0.25) is 19.3 Å². The standard InChI is InChI=1S/C22H22N4O5/c1-31-18-7-5-17(6-8-18)25-13-15(10-19(25)27)21(29)24-16-4-2-3-14(9-16)12-26-20(28)11-23-22(26)30/h2-9,15H,10-13H2,1H3,(H,23,30)(H,24,29). The van der Waals surface area contributed by atoms with Crippen molar-refractivity contribution in [3.63, 3.8) is 0 Å². The van der Waals surface area contributed by atoms with Crippen molar-refractivity contribution in [1.82, 2.24) is 10.2 Å².